The molecular formula is C14H17N3O3. The average Bonchev–Trinajstić information content (AvgIpc) is 2.42. The Kier molecular flexibility index (Phi) is 5.66. The molecule has 1 rings (SSSR count). The van der Waals surface area contributed by atoms with Crippen LogP contribution in [-0.4, -0.2) is 28.8 Å². The number of hydrogen-bond donors (Lipinski definition) is 0. The monoisotopic (exact) mass is 275 g/mol. The predicted molar refractivity (Wildman–Crippen MR) is 74.1 cm³/mol. The molecule has 0 fully saturated rings. The molecule has 1 aromatic rings. The summed E-state index contributed by atoms with van der Waals surface area (Å²) in [7, 11) is 0. The Hall–Kier alpha value is -2.42. The van der Waals surface area contributed by atoms with Crippen LogP contribution >= 0.6 is 0 Å². The lowest BCUT2D eigenvalue weighted by atomic mass is 10.1. The lowest BCUT2D eigenvalue weighted by Crippen LogP contribution is -2.35. The van der Waals surface area contributed by atoms with Crippen molar-refractivity contribution in [2.45, 2.75) is 20.3 Å². The van der Waals surface area contributed by atoms with Crippen LogP contribution in [0.2, 0.25) is 0 Å². The Balaban J connectivity index is 2.96. The van der Waals surface area contributed by atoms with Crippen molar-refractivity contribution in [3.05, 3.63) is 39.9 Å². The van der Waals surface area contributed by atoms with E-state index >= 15 is 0 Å². The largest absolute Gasteiger partial charge is 0.337 e. The first kappa shape index (κ1) is 15.6. The van der Waals surface area contributed by atoms with Gasteiger partial charge < -0.3 is 4.90 Å². The standard InChI is InChI=1S/C14H17N3O3/c1-11(2)10-16(8-4-7-15)14(18)12-5-3-6-13(9-12)17(19)20/h3,5-6,9,11H,4,8,10H2,1-2H3. The normalized spacial score (nSPS) is 10.1. The third-order valence-corrected chi connectivity index (χ3v) is 2.67. The number of nitro benzene ring substituents is 1. The molecule has 6 heteroatoms. The topological polar surface area (TPSA) is 87.2 Å². The third-order valence-electron chi connectivity index (χ3n) is 2.67. The van der Waals surface area contributed by atoms with Crippen molar-refractivity contribution in [2.24, 2.45) is 5.92 Å². The fraction of sp³-hybridized carbons (Fsp3) is 0.429. The summed E-state index contributed by atoms with van der Waals surface area (Å²) in [6.07, 6.45) is 0.243. The van der Waals surface area contributed by atoms with Crippen molar-refractivity contribution in [1.82, 2.24) is 4.90 Å². The lowest BCUT2D eigenvalue weighted by Gasteiger charge is -2.23. The second kappa shape index (κ2) is 7.24. The van der Waals surface area contributed by atoms with Gasteiger partial charge in [0.15, 0.2) is 0 Å². The number of rotatable bonds is 6. The maximum atomic E-state index is 12.4. The maximum Gasteiger partial charge on any atom is 0.270 e. The van der Waals surface area contributed by atoms with Gasteiger partial charge in [0.2, 0.25) is 0 Å². The first-order chi connectivity index (χ1) is 9.45. The fourth-order valence-corrected chi connectivity index (χ4v) is 1.84. The summed E-state index contributed by atoms with van der Waals surface area (Å²) in [5, 5.41) is 19.4. The Morgan fingerprint density at radius 1 is 1.50 bits per heavy atom. The molecule has 1 amide bonds. The zero-order chi connectivity index (χ0) is 15.1. The van der Waals surface area contributed by atoms with Crippen molar-refractivity contribution >= 4 is 11.6 Å². The number of non-ortho nitro benzene ring substituents is 1. The Labute approximate surface area is 117 Å². The summed E-state index contributed by atoms with van der Waals surface area (Å²) >= 11 is 0. The van der Waals surface area contributed by atoms with Crippen LogP contribution in [0, 0.1) is 27.4 Å². The van der Waals surface area contributed by atoms with Gasteiger partial charge in [-0.2, -0.15) is 5.26 Å². The highest BCUT2D eigenvalue weighted by Gasteiger charge is 2.18. The molecule has 0 aliphatic carbocycles. The third kappa shape index (κ3) is 4.35. The van der Waals surface area contributed by atoms with Gasteiger partial charge in [-0.25, -0.2) is 0 Å². The number of carbonyl (C=O) groups is 1. The Bertz CT molecular complexity index is 535. The minimum absolute atomic E-state index is 0.111. The van der Waals surface area contributed by atoms with Crippen LogP contribution in [0.15, 0.2) is 24.3 Å². The second-order valence-corrected chi connectivity index (χ2v) is 4.86. The highest BCUT2D eigenvalue weighted by atomic mass is 16.6. The number of nitrogens with zero attached hydrogens (tertiary/aromatic N) is 3. The number of hydrogen-bond acceptors (Lipinski definition) is 4. The average molecular weight is 275 g/mol. The van der Waals surface area contributed by atoms with Crippen molar-refractivity contribution in [3.8, 4) is 6.07 Å². The minimum Gasteiger partial charge on any atom is -0.337 e. The van der Waals surface area contributed by atoms with Gasteiger partial charge in [-0.15, -0.1) is 0 Å². The molecule has 0 aromatic heterocycles. The summed E-state index contributed by atoms with van der Waals surface area (Å²) in [5.74, 6) is -0.0195. The zero-order valence-corrected chi connectivity index (χ0v) is 11.6. The van der Waals surface area contributed by atoms with Crippen LogP contribution in [0.3, 0.4) is 0 Å². The van der Waals surface area contributed by atoms with Crippen molar-refractivity contribution in [1.29, 1.82) is 5.26 Å². The molecule has 0 unspecified atom stereocenters. The second-order valence-electron chi connectivity index (χ2n) is 4.86. The molecule has 6 nitrogen and oxygen atoms in total. The molecule has 0 saturated carbocycles. The molecule has 20 heavy (non-hydrogen) atoms. The molecule has 0 aliphatic heterocycles. The molecule has 0 heterocycles. The van der Waals surface area contributed by atoms with Crippen LogP contribution in [0.25, 0.3) is 0 Å². The van der Waals surface area contributed by atoms with E-state index in [1.54, 1.807) is 11.0 Å². The molecule has 1 aromatic carbocycles. The first-order valence-electron chi connectivity index (χ1n) is 6.36. The Morgan fingerprint density at radius 2 is 2.20 bits per heavy atom. The maximum absolute atomic E-state index is 12.4. The minimum atomic E-state index is -0.529. The number of benzene rings is 1. The molecule has 106 valence electrons. The van der Waals surface area contributed by atoms with E-state index in [2.05, 4.69) is 0 Å². The van der Waals surface area contributed by atoms with E-state index in [4.69, 9.17) is 5.26 Å². The van der Waals surface area contributed by atoms with Crippen molar-refractivity contribution in [2.75, 3.05) is 13.1 Å². The van der Waals surface area contributed by atoms with Gasteiger partial charge in [0.25, 0.3) is 11.6 Å². The summed E-state index contributed by atoms with van der Waals surface area (Å²) in [6, 6.07) is 7.66. The molecule has 0 aliphatic rings. The van der Waals surface area contributed by atoms with Crippen molar-refractivity contribution < 1.29 is 9.72 Å². The van der Waals surface area contributed by atoms with Gasteiger partial charge >= 0.3 is 0 Å². The predicted octanol–water partition coefficient (Wildman–Crippen LogP) is 2.61. The number of carbonyl (C=O) groups excluding carboxylic acids is 1. The number of nitriles is 1. The van der Waals surface area contributed by atoms with E-state index in [1.807, 2.05) is 19.9 Å². The van der Waals surface area contributed by atoms with Crippen LogP contribution < -0.4 is 0 Å². The summed E-state index contributed by atoms with van der Waals surface area (Å²) in [4.78, 5) is 24.1. The molecule has 0 saturated heterocycles. The van der Waals surface area contributed by atoms with Gasteiger partial charge in [0.1, 0.15) is 0 Å². The van der Waals surface area contributed by atoms with E-state index in [0.717, 1.165) is 0 Å². The van der Waals surface area contributed by atoms with Gasteiger partial charge in [0, 0.05) is 30.8 Å². The molecule has 0 atom stereocenters. The summed E-state index contributed by atoms with van der Waals surface area (Å²) in [6.45, 7) is 4.79. The van der Waals surface area contributed by atoms with E-state index < -0.39 is 4.92 Å². The Morgan fingerprint density at radius 3 is 2.75 bits per heavy atom. The quantitative estimate of drug-likeness (QED) is 0.589. The summed E-state index contributed by atoms with van der Waals surface area (Å²) < 4.78 is 0. The van der Waals surface area contributed by atoms with Gasteiger partial charge in [-0.05, 0) is 12.0 Å². The van der Waals surface area contributed by atoms with Gasteiger partial charge in [0.05, 0.1) is 17.4 Å². The van der Waals surface area contributed by atoms with Crippen LogP contribution in [0.5, 0.6) is 0 Å². The molecule has 0 spiro atoms. The smallest absolute Gasteiger partial charge is 0.270 e. The first-order valence-corrected chi connectivity index (χ1v) is 6.36. The van der Waals surface area contributed by atoms with E-state index in [9.17, 15) is 14.9 Å². The van der Waals surface area contributed by atoms with E-state index in [-0.39, 0.29) is 29.5 Å². The molecule has 0 N–H and O–H groups in total. The van der Waals surface area contributed by atoms with Crippen LogP contribution in [-0.2, 0) is 0 Å². The van der Waals surface area contributed by atoms with Crippen molar-refractivity contribution in [3.63, 3.8) is 0 Å². The summed E-state index contributed by atoms with van der Waals surface area (Å²) in [5.41, 5.74) is 0.165. The molecule has 0 radical (unpaired) electrons. The zero-order valence-electron chi connectivity index (χ0n) is 11.6. The van der Waals surface area contributed by atoms with E-state index in [0.29, 0.717) is 13.1 Å². The number of amides is 1. The molecular weight excluding hydrogens is 258 g/mol. The van der Waals surface area contributed by atoms with E-state index in [1.165, 1.54) is 18.2 Å². The van der Waals surface area contributed by atoms with Crippen LogP contribution in [0.4, 0.5) is 5.69 Å². The molecule has 0 bridgehead atoms. The SMILES string of the molecule is CC(C)CN(CCC#N)C(=O)c1cccc([N+](=O)[O-])c1. The highest BCUT2D eigenvalue weighted by molar-refractivity contribution is 5.94. The van der Waals surface area contributed by atoms with Crippen LogP contribution in [0.1, 0.15) is 30.6 Å². The highest BCUT2D eigenvalue weighted by Crippen LogP contribution is 2.15. The van der Waals surface area contributed by atoms with Gasteiger partial charge in [-0.1, -0.05) is 19.9 Å². The number of nitro groups is 1. The fourth-order valence-electron chi connectivity index (χ4n) is 1.84. The lowest BCUT2D eigenvalue weighted by molar-refractivity contribution is -0.384. The van der Waals surface area contributed by atoms with Gasteiger partial charge in [-0.3, -0.25) is 14.9 Å².